The number of methoxy groups -OCH3 is 1. The number of benzene rings is 1. The lowest BCUT2D eigenvalue weighted by Gasteiger charge is -2.32. The van der Waals surface area contributed by atoms with Crippen LogP contribution in [0.25, 0.3) is 0 Å². The molecule has 1 fully saturated rings. The van der Waals surface area contributed by atoms with Crippen molar-refractivity contribution in [3.05, 3.63) is 29.8 Å². The van der Waals surface area contributed by atoms with E-state index in [4.69, 9.17) is 4.74 Å². The van der Waals surface area contributed by atoms with Crippen LogP contribution in [-0.2, 0) is 0 Å². The van der Waals surface area contributed by atoms with E-state index >= 15 is 0 Å². The lowest BCUT2D eigenvalue weighted by Crippen LogP contribution is -2.39. The van der Waals surface area contributed by atoms with Crippen LogP contribution in [-0.4, -0.2) is 35.7 Å². The Bertz CT molecular complexity index is 386. The van der Waals surface area contributed by atoms with Crippen molar-refractivity contribution in [1.29, 1.82) is 0 Å². The van der Waals surface area contributed by atoms with Gasteiger partial charge >= 0.3 is 0 Å². The van der Waals surface area contributed by atoms with Gasteiger partial charge in [0.1, 0.15) is 5.75 Å². The van der Waals surface area contributed by atoms with E-state index in [1.807, 2.05) is 24.3 Å². The predicted molar refractivity (Wildman–Crippen MR) is 77.4 cm³/mol. The average molecular weight is 263 g/mol. The fraction of sp³-hybridized carbons (Fsp3) is 0.625. The molecule has 0 saturated heterocycles. The van der Waals surface area contributed by atoms with Gasteiger partial charge in [-0.15, -0.1) is 0 Å². The highest BCUT2D eigenvalue weighted by Gasteiger charge is 2.34. The molecule has 2 atom stereocenters. The highest BCUT2D eigenvalue weighted by molar-refractivity contribution is 5.29. The Morgan fingerprint density at radius 3 is 2.42 bits per heavy atom. The number of hydrogen-bond acceptors (Lipinski definition) is 3. The molecule has 1 saturated carbocycles. The topological polar surface area (TPSA) is 32.7 Å². The molecule has 0 radical (unpaired) electrons. The van der Waals surface area contributed by atoms with Gasteiger partial charge in [-0.05, 0) is 50.4 Å². The van der Waals surface area contributed by atoms with Crippen LogP contribution in [0.1, 0.15) is 44.8 Å². The zero-order valence-electron chi connectivity index (χ0n) is 12.2. The van der Waals surface area contributed by atoms with E-state index in [-0.39, 0.29) is 6.04 Å². The molecule has 3 nitrogen and oxygen atoms in total. The van der Waals surface area contributed by atoms with Crippen molar-refractivity contribution < 1.29 is 9.84 Å². The van der Waals surface area contributed by atoms with Gasteiger partial charge < -0.3 is 9.84 Å². The molecule has 0 bridgehead atoms. The van der Waals surface area contributed by atoms with Crippen molar-refractivity contribution in [3.8, 4) is 5.75 Å². The summed E-state index contributed by atoms with van der Waals surface area (Å²) in [4.78, 5) is 2.45. The van der Waals surface area contributed by atoms with Crippen LogP contribution in [0.15, 0.2) is 24.3 Å². The monoisotopic (exact) mass is 263 g/mol. The lowest BCUT2D eigenvalue weighted by atomic mass is 10.0. The molecule has 1 aromatic rings. The van der Waals surface area contributed by atoms with Crippen LogP contribution in [0.5, 0.6) is 5.75 Å². The molecule has 2 unspecified atom stereocenters. The Labute approximate surface area is 116 Å². The molecular formula is C16H25NO2. The lowest BCUT2D eigenvalue weighted by molar-refractivity contribution is 0.0528. The first kappa shape index (κ1) is 14.4. The minimum absolute atomic E-state index is 0.167. The largest absolute Gasteiger partial charge is 0.497 e. The zero-order valence-corrected chi connectivity index (χ0v) is 12.2. The Hall–Kier alpha value is -1.06. The second-order valence-corrected chi connectivity index (χ2v) is 5.43. The zero-order chi connectivity index (χ0) is 13.8. The molecule has 0 spiro atoms. The van der Waals surface area contributed by atoms with Crippen molar-refractivity contribution >= 4 is 0 Å². The van der Waals surface area contributed by atoms with E-state index in [9.17, 15) is 5.11 Å². The van der Waals surface area contributed by atoms with Gasteiger partial charge in [-0.2, -0.15) is 0 Å². The SMILES string of the molecule is CCCN(C1CC1)C(C)C(O)c1ccc(OC)cc1. The third-order valence-electron chi connectivity index (χ3n) is 3.94. The summed E-state index contributed by atoms with van der Waals surface area (Å²) in [5, 5.41) is 10.5. The van der Waals surface area contributed by atoms with Gasteiger partial charge in [0.25, 0.3) is 0 Å². The summed E-state index contributed by atoms with van der Waals surface area (Å²) in [6.45, 7) is 5.39. The van der Waals surface area contributed by atoms with Gasteiger partial charge in [0, 0.05) is 12.1 Å². The first-order valence-electron chi connectivity index (χ1n) is 7.25. The van der Waals surface area contributed by atoms with Crippen LogP contribution in [0.3, 0.4) is 0 Å². The smallest absolute Gasteiger partial charge is 0.118 e. The van der Waals surface area contributed by atoms with Gasteiger partial charge in [-0.1, -0.05) is 19.1 Å². The third-order valence-corrected chi connectivity index (χ3v) is 3.94. The van der Waals surface area contributed by atoms with Gasteiger partial charge in [-0.3, -0.25) is 4.90 Å². The molecule has 1 aliphatic carbocycles. The van der Waals surface area contributed by atoms with Crippen LogP contribution in [0.2, 0.25) is 0 Å². The standard InChI is InChI=1S/C16H25NO2/c1-4-11-17(14-7-8-14)12(2)16(18)13-5-9-15(19-3)10-6-13/h5-6,9-10,12,14,16,18H,4,7-8,11H2,1-3H3. The molecule has 0 aromatic heterocycles. The first-order valence-corrected chi connectivity index (χ1v) is 7.25. The maximum atomic E-state index is 10.5. The van der Waals surface area contributed by atoms with Gasteiger partial charge in [-0.25, -0.2) is 0 Å². The second kappa shape index (κ2) is 6.40. The summed E-state index contributed by atoms with van der Waals surface area (Å²) in [6, 6.07) is 8.58. The predicted octanol–water partition coefficient (Wildman–Crippen LogP) is 2.99. The van der Waals surface area contributed by atoms with Crippen molar-refractivity contribution in [2.24, 2.45) is 0 Å². The Balaban J connectivity index is 2.05. The highest BCUT2D eigenvalue weighted by atomic mass is 16.5. The molecular weight excluding hydrogens is 238 g/mol. The molecule has 1 N–H and O–H groups in total. The minimum atomic E-state index is -0.432. The van der Waals surface area contributed by atoms with E-state index in [2.05, 4.69) is 18.7 Å². The van der Waals surface area contributed by atoms with E-state index in [1.165, 1.54) is 12.8 Å². The van der Waals surface area contributed by atoms with Crippen molar-refractivity contribution in [2.75, 3.05) is 13.7 Å². The quantitative estimate of drug-likeness (QED) is 0.821. The summed E-state index contributed by atoms with van der Waals surface area (Å²) in [5.41, 5.74) is 0.968. The molecule has 19 heavy (non-hydrogen) atoms. The molecule has 0 heterocycles. The van der Waals surface area contributed by atoms with Crippen LogP contribution >= 0.6 is 0 Å². The Morgan fingerprint density at radius 2 is 1.95 bits per heavy atom. The summed E-state index contributed by atoms with van der Waals surface area (Å²) in [6.07, 6.45) is 3.26. The van der Waals surface area contributed by atoms with E-state index < -0.39 is 6.10 Å². The number of aliphatic hydroxyl groups is 1. The summed E-state index contributed by atoms with van der Waals surface area (Å²) in [7, 11) is 1.66. The molecule has 0 aliphatic heterocycles. The van der Waals surface area contributed by atoms with Crippen molar-refractivity contribution in [3.63, 3.8) is 0 Å². The summed E-state index contributed by atoms with van der Waals surface area (Å²) in [5.74, 6) is 0.830. The molecule has 3 heteroatoms. The first-order chi connectivity index (χ1) is 9.17. The maximum Gasteiger partial charge on any atom is 0.118 e. The Kier molecular flexibility index (Phi) is 4.83. The van der Waals surface area contributed by atoms with Crippen LogP contribution in [0.4, 0.5) is 0 Å². The average Bonchev–Trinajstić information content (AvgIpc) is 3.28. The van der Waals surface area contributed by atoms with E-state index in [1.54, 1.807) is 7.11 Å². The van der Waals surface area contributed by atoms with Gasteiger partial charge in [0.15, 0.2) is 0 Å². The summed E-state index contributed by atoms with van der Waals surface area (Å²) < 4.78 is 5.15. The number of hydrogen-bond donors (Lipinski definition) is 1. The maximum absolute atomic E-state index is 10.5. The van der Waals surface area contributed by atoms with Crippen molar-refractivity contribution in [1.82, 2.24) is 4.90 Å². The number of rotatable bonds is 7. The molecule has 1 aromatic carbocycles. The second-order valence-electron chi connectivity index (χ2n) is 5.43. The van der Waals surface area contributed by atoms with Gasteiger partial charge in [0.2, 0.25) is 0 Å². The number of ether oxygens (including phenoxy) is 1. The third kappa shape index (κ3) is 3.48. The number of nitrogens with zero attached hydrogens (tertiary/aromatic N) is 1. The number of aliphatic hydroxyl groups excluding tert-OH is 1. The van der Waals surface area contributed by atoms with Gasteiger partial charge in [0.05, 0.1) is 13.2 Å². The molecule has 106 valence electrons. The molecule has 2 rings (SSSR count). The molecule has 0 amide bonds. The highest BCUT2D eigenvalue weighted by Crippen LogP contribution is 2.33. The van der Waals surface area contributed by atoms with Crippen LogP contribution < -0.4 is 4.74 Å². The van der Waals surface area contributed by atoms with E-state index in [0.29, 0.717) is 6.04 Å². The van der Waals surface area contributed by atoms with Crippen molar-refractivity contribution in [2.45, 2.75) is 51.3 Å². The normalized spacial score (nSPS) is 18.4. The van der Waals surface area contributed by atoms with Crippen LogP contribution in [0, 0.1) is 0 Å². The fourth-order valence-electron chi connectivity index (χ4n) is 2.64. The Morgan fingerprint density at radius 1 is 1.32 bits per heavy atom. The fourth-order valence-corrected chi connectivity index (χ4v) is 2.64. The molecule has 1 aliphatic rings. The van der Waals surface area contributed by atoms with E-state index in [0.717, 1.165) is 24.3 Å². The summed E-state index contributed by atoms with van der Waals surface area (Å²) >= 11 is 0. The minimum Gasteiger partial charge on any atom is -0.497 e.